The van der Waals surface area contributed by atoms with Crippen LogP contribution >= 0.6 is 0 Å². The van der Waals surface area contributed by atoms with Crippen LogP contribution in [0.3, 0.4) is 0 Å². The second-order valence-electron chi connectivity index (χ2n) is 9.17. The largest absolute Gasteiger partial charge is 0.474 e. The molecule has 0 radical (unpaired) electrons. The molecule has 3 N–H and O–H groups in total. The molecule has 0 saturated heterocycles. The van der Waals surface area contributed by atoms with Crippen LogP contribution in [0.5, 0.6) is 5.88 Å². The number of pyridine rings is 3. The predicted molar refractivity (Wildman–Crippen MR) is 119 cm³/mol. The maximum Gasteiger partial charge on any atom is 0.340 e. The quantitative estimate of drug-likeness (QED) is 0.569. The average molecular weight is 431 g/mol. The lowest BCUT2D eigenvalue weighted by atomic mass is 9.86. The van der Waals surface area contributed by atoms with Gasteiger partial charge in [0, 0.05) is 24.4 Å². The first kappa shape index (κ1) is 19.4. The van der Waals surface area contributed by atoms with Crippen LogP contribution in [0.4, 0.5) is 11.6 Å². The Labute approximate surface area is 185 Å². The normalized spacial score (nSPS) is 19.8. The number of hydrogen-bond donors (Lipinski definition) is 2. The van der Waals surface area contributed by atoms with Crippen molar-refractivity contribution < 1.29 is 14.3 Å². The summed E-state index contributed by atoms with van der Waals surface area (Å²) in [5.41, 5.74) is 8.58. The third kappa shape index (κ3) is 3.44. The summed E-state index contributed by atoms with van der Waals surface area (Å²) in [6, 6.07) is 5.51. The van der Waals surface area contributed by atoms with Gasteiger partial charge >= 0.3 is 5.97 Å². The molecule has 0 amide bonds. The van der Waals surface area contributed by atoms with Crippen LogP contribution in [0.15, 0.2) is 30.6 Å². The molecule has 2 aliphatic carbocycles. The summed E-state index contributed by atoms with van der Waals surface area (Å²) in [5.74, 6) is 2.03. The number of nitrogens with one attached hydrogen (secondary N) is 1. The lowest BCUT2D eigenvalue weighted by Crippen LogP contribution is -2.35. The first-order chi connectivity index (χ1) is 15.5. The summed E-state index contributed by atoms with van der Waals surface area (Å²) in [5, 5.41) is 5.15. The minimum Gasteiger partial charge on any atom is -0.474 e. The summed E-state index contributed by atoms with van der Waals surface area (Å²) < 4.78 is 11.1. The van der Waals surface area contributed by atoms with E-state index in [2.05, 4.69) is 27.2 Å². The zero-order valence-electron chi connectivity index (χ0n) is 17.9. The third-order valence-electron chi connectivity index (χ3n) is 6.57. The van der Waals surface area contributed by atoms with E-state index in [-0.39, 0.29) is 12.1 Å². The van der Waals surface area contributed by atoms with Crippen molar-refractivity contribution in [3.8, 4) is 5.88 Å². The Kier molecular flexibility index (Phi) is 4.33. The standard InChI is InChI=1S/C24H25N5O3/c1-24(25,13-2-3-13)18-12-27-22(32-14-4-5-14)17-11-26-21(10-16(17)18)29-20-7-6-15-19(28-20)8-9-31-23(15)30/h6-7,10-14H,2-5,8-9,25H2,1H3,(H,26,28,29)/t24-/m1/s1. The molecule has 3 aromatic heterocycles. The molecule has 2 saturated carbocycles. The van der Waals surface area contributed by atoms with Crippen LogP contribution in [0.1, 0.15) is 54.2 Å². The predicted octanol–water partition coefficient (Wildman–Crippen LogP) is 3.61. The van der Waals surface area contributed by atoms with Gasteiger partial charge in [-0.15, -0.1) is 0 Å². The van der Waals surface area contributed by atoms with Gasteiger partial charge in [-0.05, 0) is 67.7 Å². The number of nitrogens with zero attached hydrogens (tertiary/aromatic N) is 3. The molecule has 1 aliphatic heterocycles. The molecule has 0 bridgehead atoms. The molecule has 3 aromatic rings. The van der Waals surface area contributed by atoms with Gasteiger partial charge in [0.05, 0.1) is 23.3 Å². The molecule has 3 aliphatic rings. The zero-order valence-corrected chi connectivity index (χ0v) is 17.9. The highest BCUT2D eigenvalue weighted by molar-refractivity contribution is 5.93. The first-order valence-corrected chi connectivity index (χ1v) is 11.2. The Morgan fingerprint density at radius 2 is 1.97 bits per heavy atom. The van der Waals surface area contributed by atoms with Crippen LogP contribution in [-0.4, -0.2) is 33.6 Å². The van der Waals surface area contributed by atoms with Crippen molar-refractivity contribution in [1.82, 2.24) is 15.0 Å². The number of esters is 1. The Bertz CT molecular complexity index is 1230. The lowest BCUT2D eigenvalue weighted by Gasteiger charge is -2.27. The van der Waals surface area contributed by atoms with Crippen molar-refractivity contribution in [1.29, 1.82) is 0 Å². The number of fused-ring (bicyclic) bond motifs is 2. The summed E-state index contributed by atoms with van der Waals surface area (Å²) in [6.45, 7) is 2.44. The molecule has 6 rings (SSSR count). The van der Waals surface area contributed by atoms with E-state index in [0.717, 1.165) is 47.7 Å². The number of aromatic nitrogens is 3. The van der Waals surface area contributed by atoms with Gasteiger partial charge in [0.15, 0.2) is 0 Å². The SMILES string of the molecule is C[C@](N)(c1cnc(OC2CC2)c2cnc(Nc3ccc4c(n3)CCOC4=O)cc12)C1CC1. The van der Waals surface area contributed by atoms with Crippen molar-refractivity contribution in [2.24, 2.45) is 11.7 Å². The molecule has 0 unspecified atom stereocenters. The van der Waals surface area contributed by atoms with Crippen LogP contribution < -0.4 is 15.8 Å². The van der Waals surface area contributed by atoms with Gasteiger partial charge in [0.2, 0.25) is 5.88 Å². The van der Waals surface area contributed by atoms with Crippen LogP contribution in [0.25, 0.3) is 10.8 Å². The van der Waals surface area contributed by atoms with Crippen molar-refractivity contribution in [2.75, 3.05) is 11.9 Å². The fourth-order valence-corrected chi connectivity index (χ4v) is 4.35. The van der Waals surface area contributed by atoms with Gasteiger partial charge in [0.25, 0.3) is 0 Å². The Morgan fingerprint density at radius 3 is 2.75 bits per heavy atom. The topological polar surface area (TPSA) is 112 Å². The highest BCUT2D eigenvalue weighted by Gasteiger charge is 2.41. The molecule has 0 spiro atoms. The minimum absolute atomic E-state index is 0.244. The second kappa shape index (κ2) is 7.13. The third-order valence-corrected chi connectivity index (χ3v) is 6.57. The second-order valence-corrected chi connectivity index (χ2v) is 9.17. The smallest absolute Gasteiger partial charge is 0.340 e. The molecular weight excluding hydrogens is 406 g/mol. The molecule has 8 heteroatoms. The van der Waals surface area contributed by atoms with E-state index in [4.69, 9.17) is 15.2 Å². The maximum atomic E-state index is 11.9. The molecule has 32 heavy (non-hydrogen) atoms. The number of carbonyl (C=O) groups excluding carboxylic acids is 1. The lowest BCUT2D eigenvalue weighted by molar-refractivity contribution is 0.0477. The Balaban J connectivity index is 1.39. The highest BCUT2D eigenvalue weighted by atomic mass is 16.5. The molecule has 0 aromatic carbocycles. The summed E-state index contributed by atoms with van der Waals surface area (Å²) >= 11 is 0. The van der Waals surface area contributed by atoms with Crippen LogP contribution in [0, 0.1) is 5.92 Å². The maximum absolute atomic E-state index is 11.9. The average Bonchev–Trinajstić information content (AvgIpc) is 3.68. The van der Waals surface area contributed by atoms with Crippen LogP contribution in [0.2, 0.25) is 0 Å². The fourth-order valence-electron chi connectivity index (χ4n) is 4.35. The van der Waals surface area contributed by atoms with E-state index in [1.807, 2.05) is 12.3 Å². The van der Waals surface area contributed by atoms with Gasteiger partial charge < -0.3 is 20.5 Å². The number of hydrogen-bond acceptors (Lipinski definition) is 8. The first-order valence-electron chi connectivity index (χ1n) is 11.2. The van der Waals surface area contributed by atoms with Gasteiger partial charge in [0.1, 0.15) is 17.7 Å². The fraction of sp³-hybridized carbons (Fsp3) is 0.417. The van der Waals surface area contributed by atoms with Gasteiger partial charge in [-0.2, -0.15) is 0 Å². The summed E-state index contributed by atoms with van der Waals surface area (Å²) in [6.07, 6.45) is 8.90. The summed E-state index contributed by atoms with van der Waals surface area (Å²) in [7, 11) is 0. The number of ether oxygens (including phenoxy) is 2. The van der Waals surface area contributed by atoms with Crippen molar-refractivity contribution >= 4 is 28.4 Å². The van der Waals surface area contributed by atoms with E-state index in [9.17, 15) is 4.79 Å². The number of carbonyl (C=O) groups is 1. The van der Waals surface area contributed by atoms with Crippen molar-refractivity contribution in [2.45, 2.75) is 50.7 Å². The van der Waals surface area contributed by atoms with E-state index in [1.54, 1.807) is 18.3 Å². The zero-order chi connectivity index (χ0) is 21.9. The Morgan fingerprint density at radius 1 is 1.12 bits per heavy atom. The van der Waals surface area contributed by atoms with Crippen molar-refractivity contribution in [3.05, 3.63) is 47.4 Å². The van der Waals surface area contributed by atoms with Gasteiger partial charge in [-0.25, -0.2) is 19.7 Å². The van der Waals surface area contributed by atoms with E-state index >= 15 is 0 Å². The van der Waals surface area contributed by atoms with Crippen molar-refractivity contribution in [3.63, 3.8) is 0 Å². The number of anilines is 2. The molecule has 4 heterocycles. The number of rotatable bonds is 6. The molecule has 164 valence electrons. The van der Waals surface area contributed by atoms with E-state index < -0.39 is 5.54 Å². The molecule has 1 atom stereocenters. The highest BCUT2D eigenvalue weighted by Crippen LogP contribution is 2.46. The van der Waals surface area contributed by atoms with Crippen LogP contribution in [-0.2, 0) is 16.7 Å². The monoisotopic (exact) mass is 431 g/mol. The molecular formula is C24H25N5O3. The van der Waals surface area contributed by atoms with E-state index in [1.165, 1.54) is 0 Å². The number of cyclic esters (lactones) is 1. The number of nitrogens with two attached hydrogens (primary N) is 1. The minimum atomic E-state index is -0.466. The molecule has 2 fully saturated rings. The van der Waals surface area contributed by atoms with Gasteiger partial charge in [-0.3, -0.25) is 0 Å². The molecule has 8 nitrogen and oxygen atoms in total. The van der Waals surface area contributed by atoms with E-state index in [0.29, 0.717) is 42.0 Å². The van der Waals surface area contributed by atoms with Gasteiger partial charge in [-0.1, -0.05) is 0 Å². The summed E-state index contributed by atoms with van der Waals surface area (Å²) in [4.78, 5) is 25.7. The Hall–Kier alpha value is -3.26.